The van der Waals surface area contributed by atoms with E-state index in [1.54, 1.807) is 37.3 Å². The van der Waals surface area contributed by atoms with E-state index < -0.39 is 6.04 Å². The van der Waals surface area contributed by atoms with Crippen LogP contribution in [-0.4, -0.2) is 50.1 Å². The quantitative estimate of drug-likeness (QED) is 0.542. The fourth-order valence-electron chi connectivity index (χ4n) is 3.27. The molecule has 0 bridgehead atoms. The normalized spacial score (nSPS) is 11.4. The Morgan fingerprint density at radius 1 is 0.969 bits per heavy atom. The molecule has 0 aliphatic rings. The lowest BCUT2D eigenvalue weighted by Crippen LogP contribution is -2.50. The summed E-state index contributed by atoms with van der Waals surface area (Å²) in [5.74, 6) is 1.15. The lowest BCUT2D eigenvalue weighted by molar-refractivity contribution is -0.143. The summed E-state index contributed by atoms with van der Waals surface area (Å²) in [5.41, 5.74) is 2.09. The van der Waals surface area contributed by atoms with Crippen LogP contribution in [0.25, 0.3) is 0 Å². The highest BCUT2D eigenvalue weighted by molar-refractivity contribution is 5.88. The van der Waals surface area contributed by atoms with Crippen LogP contribution in [0.15, 0.2) is 42.5 Å². The van der Waals surface area contributed by atoms with Gasteiger partial charge in [-0.25, -0.2) is 0 Å². The molecule has 32 heavy (non-hydrogen) atoms. The van der Waals surface area contributed by atoms with Gasteiger partial charge in [-0.05, 0) is 25.3 Å². The van der Waals surface area contributed by atoms with Crippen LogP contribution in [0.5, 0.6) is 17.2 Å². The number of methoxy groups -OCH3 is 2. The summed E-state index contributed by atoms with van der Waals surface area (Å²) in [6, 6.07) is 12.4. The molecule has 0 heterocycles. The number of aryl methyl sites for hydroxylation is 1. The van der Waals surface area contributed by atoms with Gasteiger partial charge in [0, 0.05) is 31.3 Å². The van der Waals surface area contributed by atoms with Crippen LogP contribution in [0.2, 0.25) is 0 Å². The van der Waals surface area contributed by atoms with Gasteiger partial charge in [0.05, 0.1) is 14.2 Å². The Balaban J connectivity index is 2.22. The van der Waals surface area contributed by atoms with Crippen molar-refractivity contribution >= 4 is 11.8 Å². The molecule has 0 saturated carbocycles. The molecule has 0 fully saturated rings. The van der Waals surface area contributed by atoms with Gasteiger partial charge < -0.3 is 24.4 Å². The third-order valence-corrected chi connectivity index (χ3v) is 5.10. The van der Waals surface area contributed by atoms with Crippen molar-refractivity contribution in [3.8, 4) is 17.2 Å². The maximum atomic E-state index is 13.2. The Bertz CT molecular complexity index is 860. The summed E-state index contributed by atoms with van der Waals surface area (Å²) in [4.78, 5) is 27.6. The van der Waals surface area contributed by atoms with Crippen molar-refractivity contribution in [2.45, 2.75) is 46.2 Å². The predicted octanol–water partition coefficient (Wildman–Crippen LogP) is 3.72. The Morgan fingerprint density at radius 3 is 2.09 bits per heavy atom. The Labute approximate surface area is 190 Å². The predicted molar refractivity (Wildman–Crippen MR) is 124 cm³/mol. The fourth-order valence-corrected chi connectivity index (χ4v) is 3.27. The van der Waals surface area contributed by atoms with Crippen LogP contribution in [0.3, 0.4) is 0 Å². The first-order valence-corrected chi connectivity index (χ1v) is 10.9. The fraction of sp³-hybridized carbons (Fsp3) is 0.440. The highest BCUT2D eigenvalue weighted by Gasteiger charge is 2.28. The standard InChI is InChI=1S/C25H34N2O5/c1-6-12-26-25(29)23(7-2)27(16-19-10-8-18(3)9-11-19)24(28)17-32-22-14-20(30-4)13-21(15-22)31-5/h8-11,13-15,23H,6-7,12,16-17H2,1-5H3,(H,26,29)/t23-/m1/s1. The number of ether oxygens (including phenoxy) is 3. The van der Waals surface area contributed by atoms with Gasteiger partial charge in [-0.3, -0.25) is 9.59 Å². The number of carbonyl (C=O) groups is 2. The second-order valence-electron chi connectivity index (χ2n) is 7.56. The van der Waals surface area contributed by atoms with Crippen molar-refractivity contribution in [3.05, 3.63) is 53.6 Å². The van der Waals surface area contributed by atoms with E-state index >= 15 is 0 Å². The molecule has 1 atom stereocenters. The van der Waals surface area contributed by atoms with Crippen molar-refractivity contribution in [1.29, 1.82) is 0 Å². The van der Waals surface area contributed by atoms with E-state index in [0.29, 0.717) is 36.8 Å². The number of hydrogen-bond donors (Lipinski definition) is 1. The molecule has 0 unspecified atom stereocenters. The topological polar surface area (TPSA) is 77.1 Å². The highest BCUT2D eigenvalue weighted by atomic mass is 16.5. The molecule has 174 valence electrons. The van der Waals surface area contributed by atoms with E-state index in [4.69, 9.17) is 14.2 Å². The number of nitrogens with zero attached hydrogens (tertiary/aromatic N) is 1. The van der Waals surface area contributed by atoms with Crippen molar-refractivity contribution < 1.29 is 23.8 Å². The van der Waals surface area contributed by atoms with E-state index in [-0.39, 0.29) is 18.4 Å². The molecule has 7 heteroatoms. The first-order chi connectivity index (χ1) is 15.4. The first-order valence-electron chi connectivity index (χ1n) is 10.9. The highest BCUT2D eigenvalue weighted by Crippen LogP contribution is 2.27. The number of carbonyl (C=O) groups excluding carboxylic acids is 2. The molecule has 0 saturated heterocycles. The van der Waals surface area contributed by atoms with Gasteiger partial charge in [0.2, 0.25) is 5.91 Å². The van der Waals surface area contributed by atoms with E-state index in [0.717, 1.165) is 17.5 Å². The molecule has 2 rings (SSSR count). The van der Waals surface area contributed by atoms with Crippen molar-refractivity contribution in [3.63, 3.8) is 0 Å². The second kappa shape index (κ2) is 12.6. The lowest BCUT2D eigenvalue weighted by Gasteiger charge is -2.30. The van der Waals surface area contributed by atoms with Gasteiger partial charge >= 0.3 is 0 Å². The summed E-state index contributed by atoms with van der Waals surface area (Å²) in [5, 5.41) is 2.91. The van der Waals surface area contributed by atoms with Crippen LogP contribution >= 0.6 is 0 Å². The van der Waals surface area contributed by atoms with Gasteiger partial charge in [0.25, 0.3) is 5.91 Å². The molecular formula is C25H34N2O5. The number of rotatable bonds is 12. The Kier molecular flexibility index (Phi) is 9.85. The molecule has 0 spiro atoms. The molecule has 0 radical (unpaired) electrons. The van der Waals surface area contributed by atoms with Gasteiger partial charge in [-0.2, -0.15) is 0 Å². The minimum absolute atomic E-state index is 0.155. The first kappa shape index (κ1) is 25.0. The molecule has 1 N–H and O–H groups in total. The summed E-state index contributed by atoms with van der Waals surface area (Å²) >= 11 is 0. The molecule has 2 amide bonds. The number of nitrogens with one attached hydrogen (secondary N) is 1. The third-order valence-electron chi connectivity index (χ3n) is 5.10. The van der Waals surface area contributed by atoms with Crippen molar-refractivity contribution in [2.75, 3.05) is 27.4 Å². The SMILES string of the molecule is CCCNC(=O)[C@@H](CC)N(Cc1ccc(C)cc1)C(=O)COc1cc(OC)cc(OC)c1. The van der Waals surface area contributed by atoms with Crippen LogP contribution in [-0.2, 0) is 16.1 Å². The molecular weight excluding hydrogens is 408 g/mol. The second-order valence-corrected chi connectivity index (χ2v) is 7.56. The van der Waals surface area contributed by atoms with Gasteiger partial charge in [0.1, 0.15) is 23.3 Å². The summed E-state index contributed by atoms with van der Waals surface area (Å²) in [7, 11) is 3.10. The Morgan fingerprint density at radius 2 is 1.56 bits per heavy atom. The largest absolute Gasteiger partial charge is 0.496 e. The van der Waals surface area contributed by atoms with Crippen LogP contribution in [0.4, 0.5) is 0 Å². The lowest BCUT2D eigenvalue weighted by atomic mass is 10.1. The monoisotopic (exact) mass is 442 g/mol. The van der Waals surface area contributed by atoms with E-state index in [2.05, 4.69) is 5.32 Å². The summed E-state index contributed by atoms with van der Waals surface area (Å²) < 4.78 is 16.3. The molecule has 0 aliphatic heterocycles. The molecule has 2 aromatic carbocycles. The Hall–Kier alpha value is -3.22. The minimum Gasteiger partial charge on any atom is -0.496 e. The maximum Gasteiger partial charge on any atom is 0.261 e. The van der Waals surface area contributed by atoms with Crippen LogP contribution in [0, 0.1) is 6.92 Å². The van der Waals surface area contributed by atoms with Crippen molar-refractivity contribution in [2.24, 2.45) is 0 Å². The molecule has 0 aliphatic carbocycles. The van der Waals surface area contributed by atoms with Crippen LogP contribution < -0.4 is 19.5 Å². The third kappa shape index (κ3) is 7.18. The zero-order valence-corrected chi connectivity index (χ0v) is 19.6. The molecule has 2 aromatic rings. The van der Waals surface area contributed by atoms with Gasteiger partial charge in [-0.15, -0.1) is 0 Å². The molecule has 7 nitrogen and oxygen atoms in total. The zero-order chi connectivity index (χ0) is 23.5. The van der Waals surface area contributed by atoms with Crippen molar-refractivity contribution in [1.82, 2.24) is 10.2 Å². The molecule has 0 aromatic heterocycles. The summed E-state index contributed by atoms with van der Waals surface area (Å²) in [6.45, 7) is 6.59. The van der Waals surface area contributed by atoms with Crippen LogP contribution in [0.1, 0.15) is 37.8 Å². The van der Waals surface area contributed by atoms with Gasteiger partial charge in [0.15, 0.2) is 6.61 Å². The number of benzene rings is 2. The maximum absolute atomic E-state index is 13.2. The zero-order valence-electron chi connectivity index (χ0n) is 19.6. The van der Waals surface area contributed by atoms with E-state index in [1.807, 2.05) is 45.0 Å². The smallest absolute Gasteiger partial charge is 0.261 e. The van der Waals surface area contributed by atoms with E-state index in [9.17, 15) is 9.59 Å². The average Bonchev–Trinajstić information content (AvgIpc) is 2.81. The number of amides is 2. The van der Waals surface area contributed by atoms with Gasteiger partial charge in [-0.1, -0.05) is 43.7 Å². The number of hydrogen-bond acceptors (Lipinski definition) is 5. The van der Waals surface area contributed by atoms with E-state index in [1.165, 1.54) is 0 Å². The summed E-state index contributed by atoms with van der Waals surface area (Å²) in [6.07, 6.45) is 1.33. The minimum atomic E-state index is -0.584. The average molecular weight is 443 g/mol.